The molecule has 1 atom stereocenters. The number of nitrogens with two attached hydrogens (primary N) is 1. The molecule has 0 aromatic heterocycles. The van der Waals surface area contributed by atoms with E-state index in [4.69, 9.17) is 22.1 Å². The van der Waals surface area contributed by atoms with Crippen LogP contribution in [-0.2, 0) is 0 Å². The molecule has 1 aromatic carbocycles. The van der Waals surface area contributed by atoms with Crippen LogP contribution in [0.4, 0.5) is 5.69 Å². The molecule has 0 spiro atoms. The lowest BCUT2D eigenvalue weighted by atomic mass is 10.2. The molecule has 1 aromatic rings. The highest BCUT2D eigenvalue weighted by molar-refractivity contribution is 6.32. The van der Waals surface area contributed by atoms with E-state index in [9.17, 15) is 0 Å². The predicted molar refractivity (Wildman–Crippen MR) is 69.3 cm³/mol. The lowest BCUT2D eigenvalue weighted by Crippen LogP contribution is -2.19. The monoisotopic (exact) mass is 242 g/mol. The van der Waals surface area contributed by atoms with Gasteiger partial charge in [-0.2, -0.15) is 0 Å². The molecule has 0 saturated carbocycles. The van der Waals surface area contributed by atoms with Crippen molar-refractivity contribution in [2.24, 2.45) is 11.7 Å². The van der Waals surface area contributed by atoms with Gasteiger partial charge in [-0.15, -0.1) is 0 Å². The third-order valence-electron chi connectivity index (χ3n) is 2.29. The Morgan fingerprint density at radius 1 is 1.50 bits per heavy atom. The van der Waals surface area contributed by atoms with E-state index in [0.717, 1.165) is 18.0 Å². The molecule has 0 saturated heterocycles. The average Bonchev–Trinajstić information content (AvgIpc) is 2.29. The number of halogens is 1. The Labute approximate surface area is 102 Å². The number of rotatable bonds is 6. The second-order valence-corrected chi connectivity index (χ2v) is 4.21. The maximum Gasteiger partial charge on any atom is 0.138 e. The quantitative estimate of drug-likeness (QED) is 0.807. The van der Waals surface area contributed by atoms with E-state index in [1.165, 1.54) is 0 Å². The molecule has 0 aliphatic rings. The van der Waals surface area contributed by atoms with Crippen molar-refractivity contribution in [2.45, 2.75) is 13.8 Å². The number of ether oxygens (including phenoxy) is 1. The molecule has 0 radical (unpaired) electrons. The molecule has 3 N–H and O–H groups in total. The van der Waals surface area contributed by atoms with E-state index < -0.39 is 0 Å². The highest BCUT2D eigenvalue weighted by Crippen LogP contribution is 2.27. The lowest BCUT2D eigenvalue weighted by molar-refractivity contribution is 0.340. The van der Waals surface area contributed by atoms with Gasteiger partial charge in [0.1, 0.15) is 5.75 Å². The largest absolute Gasteiger partial charge is 0.492 e. The highest BCUT2D eigenvalue weighted by atomic mass is 35.5. The van der Waals surface area contributed by atoms with E-state index in [1.54, 1.807) is 0 Å². The summed E-state index contributed by atoms with van der Waals surface area (Å²) in [6, 6.07) is 5.71. The van der Waals surface area contributed by atoms with Gasteiger partial charge in [0.15, 0.2) is 0 Å². The smallest absolute Gasteiger partial charge is 0.138 e. The summed E-state index contributed by atoms with van der Waals surface area (Å²) >= 11 is 6.07. The molecule has 0 fully saturated rings. The van der Waals surface area contributed by atoms with Gasteiger partial charge in [-0.3, -0.25) is 0 Å². The maximum absolute atomic E-state index is 6.07. The summed E-state index contributed by atoms with van der Waals surface area (Å²) in [5, 5.41) is 3.92. The zero-order valence-corrected chi connectivity index (χ0v) is 10.6. The zero-order chi connectivity index (χ0) is 12.0. The second-order valence-electron chi connectivity index (χ2n) is 3.80. The summed E-state index contributed by atoms with van der Waals surface area (Å²) in [4.78, 5) is 0. The molecule has 1 rings (SSSR count). The minimum absolute atomic E-state index is 0.449. The molecule has 0 heterocycles. The Morgan fingerprint density at radius 3 is 2.81 bits per heavy atom. The van der Waals surface area contributed by atoms with Crippen LogP contribution >= 0.6 is 11.6 Å². The summed E-state index contributed by atoms with van der Waals surface area (Å²) in [6.45, 7) is 6.18. The minimum atomic E-state index is 0.449. The Kier molecular flexibility index (Phi) is 5.43. The second kappa shape index (κ2) is 6.61. The van der Waals surface area contributed by atoms with Crippen LogP contribution in [0.3, 0.4) is 0 Å². The van der Waals surface area contributed by atoms with Crippen LogP contribution in [0.5, 0.6) is 5.75 Å². The van der Waals surface area contributed by atoms with E-state index >= 15 is 0 Å². The van der Waals surface area contributed by atoms with Crippen molar-refractivity contribution >= 4 is 17.3 Å². The van der Waals surface area contributed by atoms with Gasteiger partial charge >= 0.3 is 0 Å². The summed E-state index contributed by atoms with van der Waals surface area (Å²) in [5.41, 5.74) is 6.54. The summed E-state index contributed by atoms with van der Waals surface area (Å²) in [6.07, 6.45) is 0. The normalized spacial score (nSPS) is 12.2. The van der Waals surface area contributed by atoms with Gasteiger partial charge < -0.3 is 15.8 Å². The zero-order valence-electron chi connectivity index (χ0n) is 9.79. The molecule has 4 heteroatoms. The molecule has 1 unspecified atom stereocenters. The van der Waals surface area contributed by atoms with Crippen LogP contribution in [0.1, 0.15) is 13.8 Å². The Hall–Kier alpha value is -0.930. The molecule has 0 amide bonds. The van der Waals surface area contributed by atoms with Gasteiger partial charge in [0, 0.05) is 12.2 Å². The van der Waals surface area contributed by atoms with Crippen molar-refractivity contribution in [1.29, 1.82) is 0 Å². The molecule has 0 aliphatic carbocycles. The maximum atomic E-state index is 6.07. The van der Waals surface area contributed by atoms with Crippen molar-refractivity contribution in [3.8, 4) is 5.75 Å². The highest BCUT2D eigenvalue weighted by Gasteiger charge is 2.03. The first-order chi connectivity index (χ1) is 7.67. The Bertz CT molecular complexity index is 331. The van der Waals surface area contributed by atoms with Crippen LogP contribution in [0.15, 0.2) is 18.2 Å². The van der Waals surface area contributed by atoms with Crippen LogP contribution < -0.4 is 15.8 Å². The van der Waals surface area contributed by atoms with Crippen LogP contribution in [0.2, 0.25) is 5.02 Å². The van der Waals surface area contributed by atoms with Crippen LogP contribution in [0.25, 0.3) is 0 Å². The molecule has 90 valence electrons. The van der Waals surface area contributed by atoms with Gasteiger partial charge in [0.2, 0.25) is 0 Å². The Balaban J connectivity index is 2.59. The van der Waals surface area contributed by atoms with E-state index in [0.29, 0.717) is 24.1 Å². The molecular formula is C12H19ClN2O. The summed E-state index contributed by atoms with van der Waals surface area (Å²) < 4.78 is 5.36. The number of nitrogens with one attached hydrogen (secondary N) is 1. The van der Waals surface area contributed by atoms with Crippen LogP contribution in [-0.4, -0.2) is 19.7 Å². The SMILES string of the molecule is CCOc1ccc(NCC(C)CN)cc1Cl. The fourth-order valence-electron chi connectivity index (χ4n) is 1.26. The first-order valence-electron chi connectivity index (χ1n) is 5.53. The van der Waals surface area contributed by atoms with Gasteiger partial charge in [0.05, 0.1) is 11.6 Å². The summed E-state index contributed by atoms with van der Waals surface area (Å²) in [5.74, 6) is 1.17. The van der Waals surface area contributed by atoms with E-state index in [-0.39, 0.29) is 0 Å². The van der Waals surface area contributed by atoms with Crippen molar-refractivity contribution in [3.63, 3.8) is 0 Å². The van der Waals surface area contributed by atoms with Gasteiger partial charge in [-0.05, 0) is 37.6 Å². The minimum Gasteiger partial charge on any atom is -0.492 e. The fourth-order valence-corrected chi connectivity index (χ4v) is 1.49. The summed E-state index contributed by atoms with van der Waals surface area (Å²) in [7, 11) is 0. The van der Waals surface area contributed by atoms with E-state index in [1.807, 2.05) is 25.1 Å². The molecular weight excluding hydrogens is 224 g/mol. The molecule has 16 heavy (non-hydrogen) atoms. The first-order valence-corrected chi connectivity index (χ1v) is 5.91. The number of hydrogen-bond donors (Lipinski definition) is 2. The standard InChI is InChI=1S/C12H19ClN2O/c1-3-16-12-5-4-10(6-11(12)13)15-8-9(2)7-14/h4-6,9,15H,3,7-8,14H2,1-2H3. The predicted octanol–water partition coefficient (Wildman–Crippen LogP) is 2.75. The molecule has 0 bridgehead atoms. The van der Waals surface area contributed by atoms with Gasteiger partial charge in [-0.25, -0.2) is 0 Å². The third-order valence-corrected chi connectivity index (χ3v) is 2.58. The topological polar surface area (TPSA) is 47.3 Å². The first kappa shape index (κ1) is 13.1. The van der Waals surface area contributed by atoms with E-state index in [2.05, 4.69) is 12.2 Å². The van der Waals surface area contributed by atoms with Crippen molar-refractivity contribution in [3.05, 3.63) is 23.2 Å². The van der Waals surface area contributed by atoms with Gasteiger partial charge in [0.25, 0.3) is 0 Å². The lowest BCUT2D eigenvalue weighted by Gasteiger charge is -2.12. The van der Waals surface area contributed by atoms with Crippen molar-refractivity contribution in [2.75, 3.05) is 25.0 Å². The molecule has 0 aliphatic heterocycles. The van der Waals surface area contributed by atoms with Gasteiger partial charge in [-0.1, -0.05) is 18.5 Å². The fraction of sp³-hybridized carbons (Fsp3) is 0.500. The number of anilines is 1. The van der Waals surface area contributed by atoms with Crippen LogP contribution in [0, 0.1) is 5.92 Å². The number of benzene rings is 1. The third kappa shape index (κ3) is 3.91. The average molecular weight is 243 g/mol. The van der Waals surface area contributed by atoms with Crippen molar-refractivity contribution < 1.29 is 4.74 Å². The molecule has 3 nitrogen and oxygen atoms in total. The van der Waals surface area contributed by atoms with Crippen molar-refractivity contribution in [1.82, 2.24) is 0 Å². The number of hydrogen-bond acceptors (Lipinski definition) is 3. The Morgan fingerprint density at radius 2 is 2.25 bits per heavy atom.